The molecule has 18 heteroatoms. The summed E-state index contributed by atoms with van der Waals surface area (Å²) in [7, 11) is 1.53. The van der Waals surface area contributed by atoms with Gasteiger partial charge in [-0.25, -0.2) is 0 Å². The standard InChI is InChI=1S/C87H103NO17/c1-4-5-6-7-8-33-52-92-85-83(98-59-70-46-29-15-30-47-70)81(96-57-68-42-25-13-26-43-68)78(72(102-85)61-91-53-64-34-17-9-18-35-64)105-87-84(99-60-71-48-31-16-32-49-71)80(95-56-67-40-23-12-24-41-67)77(93-54-65-36-19-10-20-37-65)73(103-87)62-100-86-82(97-58-69-44-27-14-28-45-69)79(94-55-66-38-21-11-22-39-66)76(63(2)101-86)104-75(90)51-50-74(89)88-3/h9-32,34-49,63,72-73,76-87H,4-8,33,50-62H2,1-3H3,(H,88,89)/t63?,72?,73-,76+,77-,78+,79-,80?,81+,82?,83?,84?,85?,86?,87?/m1/s1. The summed E-state index contributed by atoms with van der Waals surface area (Å²) in [6.45, 7) is 5.55. The Morgan fingerprint density at radius 3 is 1.09 bits per heavy atom. The molecule has 0 spiro atoms. The van der Waals surface area contributed by atoms with Crippen molar-refractivity contribution in [2.24, 2.45) is 0 Å². The highest BCUT2D eigenvalue weighted by Gasteiger charge is 2.56. The van der Waals surface area contributed by atoms with Crippen LogP contribution < -0.4 is 5.32 Å². The van der Waals surface area contributed by atoms with Crippen molar-refractivity contribution >= 4 is 11.9 Å². The molecule has 18 nitrogen and oxygen atoms in total. The zero-order valence-corrected chi connectivity index (χ0v) is 60.6. The SMILES string of the molecule is CCCCCCCCOC1OC(COCc2ccccc2)[C@H](OC2O[C@H](COC3OC(C)[C@H](OC(=O)CCC(=O)NC)[C@@H](OCc4ccccc4)C3OCc3ccccc3)[C@@H](OCc3ccccc3)C(OCc3ccccc3)C2OCc2ccccc2)[C@H](OCc2ccccc2)C1OCc1ccccc1. The Hall–Kier alpha value is -7.86. The Balaban J connectivity index is 1.01. The van der Waals surface area contributed by atoms with Crippen molar-refractivity contribution in [3.05, 3.63) is 287 Å². The van der Waals surface area contributed by atoms with E-state index in [1.165, 1.54) is 13.5 Å². The lowest BCUT2D eigenvalue weighted by Gasteiger charge is -2.50. The number of nitrogens with one attached hydrogen (secondary N) is 1. The van der Waals surface area contributed by atoms with E-state index in [9.17, 15) is 9.59 Å². The fraction of sp³-hybridized carbons (Fsp3) is 0.425. The zero-order valence-electron chi connectivity index (χ0n) is 60.6. The lowest BCUT2D eigenvalue weighted by Crippen LogP contribution is -2.67. The molecule has 3 aliphatic rings. The van der Waals surface area contributed by atoms with Crippen molar-refractivity contribution < 1.29 is 80.6 Å². The number of esters is 1. The first-order chi connectivity index (χ1) is 51.7. The minimum atomic E-state index is -1.31. The van der Waals surface area contributed by atoms with E-state index >= 15 is 0 Å². The highest BCUT2D eigenvalue weighted by Crippen LogP contribution is 2.39. The van der Waals surface area contributed by atoms with Gasteiger partial charge in [0.1, 0.15) is 61.0 Å². The molecule has 1 amide bonds. The third-order valence-corrected chi connectivity index (χ3v) is 18.9. The fourth-order valence-corrected chi connectivity index (χ4v) is 13.2. The van der Waals surface area contributed by atoms with Crippen molar-refractivity contribution in [3.63, 3.8) is 0 Å². The Labute approximate surface area is 619 Å². The average Bonchev–Trinajstić information content (AvgIpc) is 0.720. The van der Waals surface area contributed by atoms with E-state index in [0.29, 0.717) is 6.61 Å². The quantitative estimate of drug-likeness (QED) is 0.0281. The van der Waals surface area contributed by atoms with Gasteiger partial charge in [-0.1, -0.05) is 282 Å². The van der Waals surface area contributed by atoms with E-state index in [1.54, 1.807) is 6.92 Å². The Morgan fingerprint density at radius 2 is 0.667 bits per heavy atom. The maximum absolute atomic E-state index is 13.9. The van der Waals surface area contributed by atoms with Gasteiger partial charge in [0.2, 0.25) is 5.91 Å². The number of carbonyl (C=O) groups excluding carboxylic acids is 2. The molecule has 8 aromatic carbocycles. The van der Waals surface area contributed by atoms with E-state index in [0.717, 1.165) is 76.6 Å². The molecule has 11 rings (SSSR count). The first-order valence-corrected chi connectivity index (χ1v) is 37.2. The van der Waals surface area contributed by atoms with E-state index in [4.69, 9.17) is 71.1 Å². The molecule has 0 aliphatic carbocycles. The van der Waals surface area contributed by atoms with Gasteiger partial charge in [-0.05, 0) is 57.9 Å². The Kier molecular flexibility index (Phi) is 32.1. The monoisotopic (exact) mass is 1430 g/mol. The number of benzene rings is 8. The van der Waals surface area contributed by atoms with Gasteiger partial charge in [-0.3, -0.25) is 9.59 Å². The third kappa shape index (κ3) is 24.6. The predicted octanol–water partition coefficient (Wildman–Crippen LogP) is 14.7. The number of hydrogen-bond acceptors (Lipinski definition) is 17. The smallest absolute Gasteiger partial charge is 0.306 e. The van der Waals surface area contributed by atoms with E-state index < -0.39 is 98.1 Å². The molecule has 0 bridgehead atoms. The van der Waals surface area contributed by atoms with E-state index in [-0.39, 0.29) is 84.8 Å². The van der Waals surface area contributed by atoms with Gasteiger partial charge in [0.25, 0.3) is 0 Å². The van der Waals surface area contributed by atoms with E-state index in [1.807, 2.05) is 243 Å². The maximum atomic E-state index is 13.9. The van der Waals surface area contributed by atoms with Crippen molar-refractivity contribution in [3.8, 4) is 0 Å². The molecule has 105 heavy (non-hydrogen) atoms. The highest BCUT2D eigenvalue weighted by atomic mass is 16.8. The predicted molar refractivity (Wildman–Crippen MR) is 396 cm³/mol. The van der Waals surface area contributed by atoms with Crippen LogP contribution in [0.15, 0.2) is 243 Å². The first kappa shape index (κ1) is 78.2. The van der Waals surface area contributed by atoms with E-state index in [2.05, 4.69) is 12.2 Å². The molecular formula is C87H103NO17. The van der Waals surface area contributed by atoms with Gasteiger partial charge < -0.3 is 76.4 Å². The zero-order chi connectivity index (χ0) is 72.5. The number of hydrogen-bond donors (Lipinski definition) is 1. The molecule has 3 saturated heterocycles. The minimum absolute atomic E-state index is 0.0397. The molecule has 558 valence electrons. The van der Waals surface area contributed by atoms with Crippen LogP contribution in [0.2, 0.25) is 0 Å². The second kappa shape index (κ2) is 43.1. The topological polar surface area (TPSA) is 185 Å². The van der Waals surface area contributed by atoms with Crippen molar-refractivity contribution in [2.45, 2.75) is 210 Å². The van der Waals surface area contributed by atoms with Gasteiger partial charge >= 0.3 is 5.97 Å². The fourth-order valence-electron chi connectivity index (χ4n) is 13.2. The molecule has 0 radical (unpaired) electrons. The van der Waals surface area contributed by atoms with Crippen LogP contribution in [0, 0.1) is 0 Å². The molecule has 8 aromatic rings. The van der Waals surface area contributed by atoms with Gasteiger partial charge in [-0.2, -0.15) is 0 Å². The van der Waals surface area contributed by atoms with Crippen LogP contribution in [0.3, 0.4) is 0 Å². The van der Waals surface area contributed by atoms with Crippen LogP contribution in [0.1, 0.15) is 110 Å². The number of ether oxygens (including phenoxy) is 15. The molecule has 9 unspecified atom stereocenters. The molecule has 3 heterocycles. The summed E-state index contributed by atoms with van der Waals surface area (Å²) in [6.07, 6.45) is -8.83. The van der Waals surface area contributed by atoms with Crippen molar-refractivity contribution in [1.82, 2.24) is 5.32 Å². The van der Waals surface area contributed by atoms with Gasteiger partial charge in [0.05, 0.1) is 78.6 Å². The van der Waals surface area contributed by atoms with Gasteiger partial charge in [0.15, 0.2) is 25.0 Å². The van der Waals surface area contributed by atoms with Crippen LogP contribution in [-0.2, 0) is 133 Å². The molecule has 0 aromatic heterocycles. The number of rotatable bonds is 42. The first-order valence-electron chi connectivity index (χ1n) is 37.2. The maximum Gasteiger partial charge on any atom is 0.306 e. The summed E-state index contributed by atoms with van der Waals surface area (Å²) < 4.78 is 107. The molecular weight excluding hydrogens is 1330 g/mol. The summed E-state index contributed by atoms with van der Waals surface area (Å²) in [5.74, 6) is -0.907. The number of amides is 1. The summed E-state index contributed by atoms with van der Waals surface area (Å²) in [5.41, 5.74) is 7.29. The Morgan fingerprint density at radius 1 is 0.333 bits per heavy atom. The Bertz CT molecular complexity index is 3670. The molecule has 3 fully saturated rings. The molecule has 15 atom stereocenters. The summed E-state index contributed by atoms with van der Waals surface area (Å²) >= 11 is 0. The lowest BCUT2D eigenvalue weighted by molar-refractivity contribution is -0.382. The van der Waals surface area contributed by atoms with Crippen LogP contribution in [0.4, 0.5) is 0 Å². The van der Waals surface area contributed by atoms with Crippen LogP contribution in [0.25, 0.3) is 0 Å². The molecule has 0 saturated carbocycles. The highest BCUT2D eigenvalue weighted by molar-refractivity contribution is 5.81. The largest absolute Gasteiger partial charge is 0.457 e. The van der Waals surface area contributed by atoms with Gasteiger partial charge in [-0.15, -0.1) is 0 Å². The van der Waals surface area contributed by atoms with Gasteiger partial charge in [0, 0.05) is 20.1 Å². The summed E-state index contributed by atoms with van der Waals surface area (Å²) in [6, 6.07) is 79.3. The summed E-state index contributed by atoms with van der Waals surface area (Å²) in [4.78, 5) is 26.4. The van der Waals surface area contributed by atoms with Crippen molar-refractivity contribution in [1.29, 1.82) is 0 Å². The molecule has 3 aliphatic heterocycles. The number of carbonyl (C=O) groups is 2. The lowest BCUT2D eigenvalue weighted by atomic mass is 9.95. The van der Waals surface area contributed by atoms with Crippen molar-refractivity contribution in [2.75, 3.05) is 26.9 Å². The minimum Gasteiger partial charge on any atom is -0.457 e. The second-order valence-corrected chi connectivity index (χ2v) is 26.8. The molecule has 1 N–H and O–H groups in total. The average molecular weight is 1430 g/mol. The second-order valence-electron chi connectivity index (χ2n) is 26.8. The normalized spacial score (nSPS) is 24.6. The third-order valence-electron chi connectivity index (χ3n) is 18.9. The summed E-state index contributed by atoms with van der Waals surface area (Å²) in [5, 5.41) is 2.59. The number of unbranched alkanes of at least 4 members (excludes halogenated alkanes) is 5. The van der Waals surface area contributed by atoms with Crippen LogP contribution in [0.5, 0.6) is 0 Å². The van der Waals surface area contributed by atoms with Crippen LogP contribution in [-0.4, -0.2) is 131 Å². The van der Waals surface area contributed by atoms with Crippen LogP contribution >= 0.6 is 0 Å².